The first kappa shape index (κ1) is 16.4. The number of imidazole rings is 1. The number of nitrogens with zero attached hydrogens (tertiary/aromatic N) is 2. The van der Waals surface area contributed by atoms with Gasteiger partial charge in [0.1, 0.15) is 5.65 Å². The highest BCUT2D eigenvalue weighted by Gasteiger charge is 2.61. The molecule has 5 heteroatoms. The number of nitrogens with one attached hydrogen (secondary N) is 2. The summed E-state index contributed by atoms with van der Waals surface area (Å²) >= 11 is 0. The lowest BCUT2D eigenvalue weighted by Gasteiger charge is -2.39. The van der Waals surface area contributed by atoms with Gasteiger partial charge in [-0.25, -0.2) is 9.78 Å². The Morgan fingerprint density at radius 1 is 1.32 bits per heavy atom. The van der Waals surface area contributed by atoms with E-state index in [4.69, 9.17) is 0 Å². The number of fused-ring (bicyclic) bond motifs is 3. The molecule has 2 bridgehead atoms. The molecule has 0 radical (unpaired) electrons. The zero-order valence-electron chi connectivity index (χ0n) is 15.6. The second-order valence-corrected chi connectivity index (χ2v) is 8.69. The molecular formula is C20H28N4O. The van der Waals surface area contributed by atoms with Crippen LogP contribution in [0.3, 0.4) is 0 Å². The molecule has 2 N–H and O–H groups in total. The van der Waals surface area contributed by atoms with Gasteiger partial charge in [-0.05, 0) is 54.6 Å². The minimum atomic E-state index is -0.0807. The molecule has 134 valence electrons. The summed E-state index contributed by atoms with van der Waals surface area (Å²) < 4.78 is 2.00. The van der Waals surface area contributed by atoms with Gasteiger partial charge < -0.3 is 15.0 Å². The topological polar surface area (TPSA) is 58.4 Å². The van der Waals surface area contributed by atoms with Crippen molar-refractivity contribution in [1.82, 2.24) is 20.0 Å². The Hall–Kier alpha value is -2.04. The molecule has 0 spiro atoms. The summed E-state index contributed by atoms with van der Waals surface area (Å²) in [5.41, 5.74) is 3.49. The van der Waals surface area contributed by atoms with E-state index in [9.17, 15) is 4.79 Å². The van der Waals surface area contributed by atoms with Gasteiger partial charge in [0.25, 0.3) is 0 Å². The van der Waals surface area contributed by atoms with Gasteiger partial charge in [-0.15, -0.1) is 0 Å². The smallest absolute Gasteiger partial charge is 0.315 e. The van der Waals surface area contributed by atoms with Crippen LogP contribution in [-0.2, 0) is 6.54 Å². The zero-order valence-corrected chi connectivity index (χ0v) is 15.6. The molecule has 2 aliphatic carbocycles. The Morgan fingerprint density at radius 3 is 2.80 bits per heavy atom. The van der Waals surface area contributed by atoms with Crippen LogP contribution < -0.4 is 10.6 Å². The zero-order chi connectivity index (χ0) is 17.8. The van der Waals surface area contributed by atoms with E-state index >= 15 is 0 Å². The monoisotopic (exact) mass is 340 g/mol. The van der Waals surface area contributed by atoms with E-state index in [1.165, 1.54) is 18.4 Å². The maximum atomic E-state index is 12.4. The molecule has 2 aromatic heterocycles. The minimum absolute atomic E-state index is 0.0807. The van der Waals surface area contributed by atoms with Gasteiger partial charge in [0.15, 0.2) is 0 Å². The van der Waals surface area contributed by atoms with Gasteiger partial charge in [0.05, 0.1) is 12.2 Å². The predicted molar refractivity (Wildman–Crippen MR) is 98.3 cm³/mol. The van der Waals surface area contributed by atoms with Gasteiger partial charge in [-0.2, -0.15) is 0 Å². The molecule has 25 heavy (non-hydrogen) atoms. The van der Waals surface area contributed by atoms with Gasteiger partial charge in [-0.1, -0.05) is 26.8 Å². The molecule has 4 rings (SSSR count). The molecule has 2 aliphatic rings. The fraction of sp³-hybridized carbons (Fsp3) is 0.600. The van der Waals surface area contributed by atoms with Crippen LogP contribution in [0.15, 0.2) is 24.5 Å². The fourth-order valence-corrected chi connectivity index (χ4v) is 5.04. The van der Waals surface area contributed by atoms with E-state index in [1.54, 1.807) is 0 Å². The van der Waals surface area contributed by atoms with E-state index < -0.39 is 0 Å². The molecule has 2 amide bonds. The number of hydrogen-bond acceptors (Lipinski definition) is 2. The van der Waals surface area contributed by atoms with Crippen molar-refractivity contribution in [3.05, 3.63) is 35.8 Å². The maximum Gasteiger partial charge on any atom is 0.315 e. The van der Waals surface area contributed by atoms with Crippen LogP contribution in [0.4, 0.5) is 4.79 Å². The number of aromatic nitrogens is 2. The van der Waals surface area contributed by atoms with Crippen LogP contribution in [0.5, 0.6) is 0 Å². The summed E-state index contributed by atoms with van der Waals surface area (Å²) in [5.74, 6) is 0.726. The summed E-state index contributed by atoms with van der Waals surface area (Å²) in [5, 5.41) is 6.21. The van der Waals surface area contributed by atoms with Crippen molar-refractivity contribution in [2.45, 2.75) is 59.5 Å². The molecule has 2 aromatic rings. The third kappa shape index (κ3) is 2.52. The van der Waals surface area contributed by atoms with E-state index in [2.05, 4.69) is 43.3 Å². The third-order valence-electron chi connectivity index (χ3n) is 7.18. The van der Waals surface area contributed by atoms with Crippen LogP contribution in [0.25, 0.3) is 5.65 Å². The molecule has 0 aliphatic heterocycles. The van der Waals surface area contributed by atoms with Crippen molar-refractivity contribution in [1.29, 1.82) is 0 Å². The Balaban J connectivity index is 1.38. The summed E-state index contributed by atoms with van der Waals surface area (Å²) in [6, 6.07) is 4.23. The highest BCUT2D eigenvalue weighted by atomic mass is 16.2. The van der Waals surface area contributed by atoms with Gasteiger partial charge in [-0.3, -0.25) is 0 Å². The molecule has 0 aromatic carbocycles. The molecule has 3 unspecified atom stereocenters. The Kier molecular flexibility index (Phi) is 3.60. The van der Waals surface area contributed by atoms with Crippen molar-refractivity contribution >= 4 is 11.7 Å². The van der Waals surface area contributed by atoms with Crippen LogP contribution in [-0.4, -0.2) is 21.5 Å². The average Bonchev–Trinajstić information content (AvgIpc) is 3.11. The van der Waals surface area contributed by atoms with Crippen LogP contribution in [0.2, 0.25) is 0 Å². The van der Waals surface area contributed by atoms with Crippen LogP contribution in [0.1, 0.15) is 51.3 Å². The van der Waals surface area contributed by atoms with Crippen LogP contribution in [0, 0.1) is 23.7 Å². The van der Waals surface area contributed by atoms with Crippen LogP contribution >= 0.6 is 0 Å². The van der Waals surface area contributed by atoms with Crippen molar-refractivity contribution < 1.29 is 4.79 Å². The third-order valence-corrected chi connectivity index (χ3v) is 7.18. The molecular weight excluding hydrogens is 312 g/mol. The molecule has 5 nitrogen and oxygen atoms in total. The first-order chi connectivity index (χ1) is 11.8. The van der Waals surface area contributed by atoms with Crippen molar-refractivity contribution in [2.75, 3.05) is 0 Å². The van der Waals surface area contributed by atoms with E-state index in [1.807, 2.05) is 28.9 Å². The molecule has 2 heterocycles. The minimum Gasteiger partial charge on any atom is -0.335 e. The van der Waals surface area contributed by atoms with Crippen molar-refractivity contribution in [3.63, 3.8) is 0 Å². The normalized spacial score (nSPS) is 29.9. The summed E-state index contributed by atoms with van der Waals surface area (Å²) in [4.78, 5) is 17.0. The number of aryl methyl sites for hydroxylation is 1. The number of rotatable bonds is 3. The lowest BCUT2D eigenvalue weighted by Crippen LogP contribution is -2.50. The summed E-state index contributed by atoms with van der Waals surface area (Å²) in [7, 11) is 0. The molecule has 2 saturated carbocycles. The Labute approximate surface area is 149 Å². The lowest BCUT2D eigenvalue weighted by molar-refractivity contribution is 0.123. The fourth-order valence-electron chi connectivity index (χ4n) is 5.04. The Bertz CT molecular complexity index is 824. The van der Waals surface area contributed by atoms with Gasteiger partial charge in [0, 0.05) is 18.4 Å². The standard InChI is InChI=1S/C20H28N4O/c1-13-5-6-17-22-15(12-24(17)11-13)10-21-18(25)23-16-9-14-7-8-20(16,4)19(14,2)3/h5-6,11-12,14,16H,7-10H2,1-4H3,(H2,21,23,25). The number of carbonyl (C=O) groups excluding carboxylic acids is 1. The largest absolute Gasteiger partial charge is 0.335 e. The predicted octanol–water partition coefficient (Wildman–Crippen LogP) is 3.66. The van der Waals surface area contributed by atoms with E-state index in [-0.39, 0.29) is 17.5 Å². The van der Waals surface area contributed by atoms with Crippen molar-refractivity contribution in [3.8, 4) is 0 Å². The number of pyridine rings is 1. The highest BCUT2D eigenvalue weighted by Crippen LogP contribution is 2.65. The molecule has 2 fully saturated rings. The SMILES string of the molecule is Cc1ccc2nc(CNC(=O)NC3CC4CCC3(C)C4(C)C)cn2c1. The molecule has 3 atom stereocenters. The summed E-state index contributed by atoms with van der Waals surface area (Å²) in [6.07, 6.45) is 7.63. The first-order valence-electron chi connectivity index (χ1n) is 9.28. The first-order valence-corrected chi connectivity index (χ1v) is 9.28. The van der Waals surface area contributed by atoms with E-state index in [0.29, 0.717) is 12.0 Å². The van der Waals surface area contributed by atoms with Crippen molar-refractivity contribution in [2.24, 2.45) is 16.7 Å². The quantitative estimate of drug-likeness (QED) is 0.896. The number of amides is 2. The highest BCUT2D eigenvalue weighted by molar-refractivity contribution is 5.74. The summed E-state index contributed by atoms with van der Waals surface area (Å²) in [6.45, 7) is 9.58. The second kappa shape index (κ2) is 5.48. The number of urea groups is 1. The van der Waals surface area contributed by atoms with E-state index in [0.717, 1.165) is 23.7 Å². The second-order valence-electron chi connectivity index (χ2n) is 8.69. The lowest BCUT2D eigenvalue weighted by atomic mass is 9.69. The van der Waals surface area contributed by atoms with Gasteiger partial charge in [0.2, 0.25) is 0 Å². The Morgan fingerprint density at radius 2 is 2.12 bits per heavy atom. The number of hydrogen-bond donors (Lipinski definition) is 2. The average molecular weight is 340 g/mol. The van der Waals surface area contributed by atoms with Gasteiger partial charge >= 0.3 is 6.03 Å². The maximum absolute atomic E-state index is 12.4. The number of carbonyl (C=O) groups is 1. The molecule has 0 saturated heterocycles.